The maximum atomic E-state index is 5.53. The molecule has 0 bridgehead atoms. The molecule has 0 aliphatic carbocycles. The van der Waals surface area contributed by atoms with E-state index < -0.39 is 0 Å². The number of likely N-dealkylation sites (tertiary alicyclic amines) is 1. The van der Waals surface area contributed by atoms with Crippen molar-refractivity contribution >= 4 is 11.6 Å². The van der Waals surface area contributed by atoms with Crippen molar-refractivity contribution in [1.82, 2.24) is 14.9 Å². The highest BCUT2D eigenvalue weighted by molar-refractivity contribution is 5.48. The Kier molecular flexibility index (Phi) is 4.93. The highest BCUT2D eigenvalue weighted by atomic mass is 15.2. The SMILES string of the molecule is CN1CCC(Nc2cc(N(C)CCCN)ncn2)C1. The molecule has 2 heterocycles. The Morgan fingerprint density at radius 3 is 3.05 bits per heavy atom. The van der Waals surface area contributed by atoms with Gasteiger partial charge >= 0.3 is 0 Å². The summed E-state index contributed by atoms with van der Waals surface area (Å²) in [5, 5.41) is 3.48. The summed E-state index contributed by atoms with van der Waals surface area (Å²) < 4.78 is 0. The second kappa shape index (κ2) is 6.68. The first-order valence-corrected chi connectivity index (χ1v) is 6.87. The fraction of sp³-hybridized carbons (Fsp3) is 0.692. The smallest absolute Gasteiger partial charge is 0.133 e. The first-order chi connectivity index (χ1) is 9.19. The topological polar surface area (TPSA) is 70.3 Å². The third-order valence-electron chi connectivity index (χ3n) is 3.48. The van der Waals surface area contributed by atoms with Gasteiger partial charge in [-0.3, -0.25) is 0 Å². The van der Waals surface area contributed by atoms with Crippen LogP contribution in [0.2, 0.25) is 0 Å². The van der Waals surface area contributed by atoms with Crippen molar-refractivity contribution < 1.29 is 0 Å². The number of nitrogens with two attached hydrogens (primary N) is 1. The zero-order valence-electron chi connectivity index (χ0n) is 11.8. The number of hydrogen-bond acceptors (Lipinski definition) is 6. The van der Waals surface area contributed by atoms with E-state index in [4.69, 9.17) is 5.73 Å². The lowest BCUT2D eigenvalue weighted by atomic mass is 10.2. The van der Waals surface area contributed by atoms with Gasteiger partial charge in [-0.2, -0.15) is 0 Å². The van der Waals surface area contributed by atoms with Crippen LogP contribution in [0.1, 0.15) is 12.8 Å². The van der Waals surface area contributed by atoms with Crippen LogP contribution in [0, 0.1) is 0 Å². The van der Waals surface area contributed by atoms with Gasteiger partial charge < -0.3 is 20.9 Å². The van der Waals surface area contributed by atoms with Crippen molar-refractivity contribution in [3.8, 4) is 0 Å². The van der Waals surface area contributed by atoms with Crippen LogP contribution in [0.25, 0.3) is 0 Å². The fourth-order valence-corrected chi connectivity index (χ4v) is 2.34. The van der Waals surface area contributed by atoms with E-state index >= 15 is 0 Å². The molecule has 106 valence electrons. The Bertz CT molecular complexity index is 396. The Hall–Kier alpha value is -1.40. The van der Waals surface area contributed by atoms with E-state index in [2.05, 4.69) is 32.1 Å². The summed E-state index contributed by atoms with van der Waals surface area (Å²) in [6, 6.07) is 2.50. The lowest BCUT2D eigenvalue weighted by Crippen LogP contribution is -2.25. The summed E-state index contributed by atoms with van der Waals surface area (Å²) in [6.07, 6.45) is 3.75. The van der Waals surface area contributed by atoms with Crippen molar-refractivity contribution in [2.24, 2.45) is 5.73 Å². The van der Waals surface area contributed by atoms with E-state index in [1.807, 2.05) is 13.1 Å². The van der Waals surface area contributed by atoms with Crippen LogP contribution in [0.5, 0.6) is 0 Å². The van der Waals surface area contributed by atoms with Gasteiger partial charge in [0.1, 0.15) is 18.0 Å². The Balaban J connectivity index is 1.94. The zero-order chi connectivity index (χ0) is 13.7. The van der Waals surface area contributed by atoms with Crippen LogP contribution in [0.15, 0.2) is 12.4 Å². The van der Waals surface area contributed by atoms with Crippen LogP contribution in [-0.2, 0) is 0 Å². The number of nitrogens with one attached hydrogen (secondary N) is 1. The second-order valence-corrected chi connectivity index (χ2v) is 5.22. The number of likely N-dealkylation sites (N-methyl/N-ethyl adjacent to an activating group) is 1. The Morgan fingerprint density at radius 2 is 2.37 bits per heavy atom. The maximum Gasteiger partial charge on any atom is 0.133 e. The highest BCUT2D eigenvalue weighted by Gasteiger charge is 2.19. The molecule has 3 N–H and O–H groups in total. The molecule has 1 aromatic heterocycles. The molecule has 1 unspecified atom stereocenters. The Labute approximate surface area is 115 Å². The summed E-state index contributed by atoms with van der Waals surface area (Å²) in [5.41, 5.74) is 5.53. The molecule has 6 nitrogen and oxygen atoms in total. The van der Waals surface area contributed by atoms with E-state index in [0.29, 0.717) is 12.6 Å². The van der Waals surface area contributed by atoms with Gasteiger partial charge in [0.05, 0.1) is 0 Å². The summed E-state index contributed by atoms with van der Waals surface area (Å²) in [6.45, 7) is 3.84. The van der Waals surface area contributed by atoms with E-state index in [0.717, 1.165) is 37.7 Å². The average molecular weight is 264 g/mol. The molecule has 1 fully saturated rings. The Morgan fingerprint density at radius 1 is 1.53 bits per heavy atom. The summed E-state index contributed by atoms with van der Waals surface area (Å²) in [5.74, 6) is 1.85. The lowest BCUT2D eigenvalue weighted by molar-refractivity contribution is 0.414. The van der Waals surface area contributed by atoms with Gasteiger partial charge in [0.15, 0.2) is 0 Å². The molecular formula is C13H24N6. The van der Waals surface area contributed by atoms with Gasteiger partial charge in [-0.15, -0.1) is 0 Å². The van der Waals surface area contributed by atoms with E-state index in [-0.39, 0.29) is 0 Å². The molecular weight excluding hydrogens is 240 g/mol. The molecule has 1 aliphatic heterocycles. The number of nitrogens with zero attached hydrogens (tertiary/aromatic N) is 4. The summed E-state index contributed by atoms with van der Waals surface area (Å²) in [7, 11) is 4.18. The summed E-state index contributed by atoms with van der Waals surface area (Å²) >= 11 is 0. The standard InChI is InChI=1S/C13H24N6/c1-18-7-4-11(9-18)17-12-8-13(16-10-15-12)19(2)6-3-5-14/h8,10-11H,3-7,9,14H2,1-2H3,(H,15,16,17). The monoisotopic (exact) mass is 264 g/mol. The van der Waals surface area contributed by atoms with Crippen LogP contribution < -0.4 is 16.0 Å². The first kappa shape index (κ1) is 14.0. The minimum absolute atomic E-state index is 0.488. The minimum Gasteiger partial charge on any atom is -0.366 e. The molecule has 0 radical (unpaired) electrons. The number of anilines is 2. The normalized spacial score (nSPS) is 19.6. The molecule has 1 atom stereocenters. The highest BCUT2D eigenvalue weighted by Crippen LogP contribution is 2.16. The largest absolute Gasteiger partial charge is 0.366 e. The third kappa shape index (κ3) is 4.04. The van der Waals surface area contributed by atoms with Gasteiger partial charge in [-0.05, 0) is 33.0 Å². The maximum absolute atomic E-state index is 5.53. The molecule has 19 heavy (non-hydrogen) atoms. The number of aromatic nitrogens is 2. The van der Waals surface area contributed by atoms with Crippen molar-refractivity contribution in [1.29, 1.82) is 0 Å². The summed E-state index contributed by atoms with van der Waals surface area (Å²) in [4.78, 5) is 13.0. The quantitative estimate of drug-likeness (QED) is 0.774. The van der Waals surface area contributed by atoms with E-state index in [1.165, 1.54) is 6.42 Å². The molecule has 1 saturated heterocycles. The zero-order valence-corrected chi connectivity index (χ0v) is 11.8. The van der Waals surface area contributed by atoms with Gasteiger partial charge in [0.2, 0.25) is 0 Å². The van der Waals surface area contributed by atoms with E-state index in [9.17, 15) is 0 Å². The molecule has 6 heteroatoms. The van der Waals surface area contributed by atoms with Crippen molar-refractivity contribution in [3.63, 3.8) is 0 Å². The molecule has 1 aliphatic rings. The second-order valence-electron chi connectivity index (χ2n) is 5.22. The molecule has 0 amide bonds. The van der Waals surface area contributed by atoms with Crippen molar-refractivity contribution in [2.75, 3.05) is 50.5 Å². The minimum atomic E-state index is 0.488. The average Bonchev–Trinajstić information content (AvgIpc) is 2.81. The lowest BCUT2D eigenvalue weighted by Gasteiger charge is -2.19. The first-order valence-electron chi connectivity index (χ1n) is 6.87. The molecule has 0 spiro atoms. The number of rotatable bonds is 6. The van der Waals surface area contributed by atoms with Crippen molar-refractivity contribution in [3.05, 3.63) is 12.4 Å². The van der Waals surface area contributed by atoms with Crippen LogP contribution in [0.4, 0.5) is 11.6 Å². The molecule has 0 aromatic carbocycles. The van der Waals surface area contributed by atoms with Gasteiger partial charge in [0, 0.05) is 32.2 Å². The molecule has 2 rings (SSSR count). The van der Waals surface area contributed by atoms with Crippen LogP contribution in [-0.4, -0.2) is 61.2 Å². The predicted octanol–water partition coefficient (Wildman–Crippen LogP) is 0.378. The number of hydrogen-bond donors (Lipinski definition) is 2. The van der Waals surface area contributed by atoms with E-state index in [1.54, 1.807) is 6.33 Å². The van der Waals surface area contributed by atoms with Crippen LogP contribution >= 0.6 is 0 Å². The van der Waals surface area contributed by atoms with Gasteiger partial charge in [0.25, 0.3) is 0 Å². The van der Waals surface area contributed by atoms with Gasteiger partial charge in [-0.25, -0.2) is 9.97 Å². The predicted molar refractivity (Wildman–Crippen MR) is 78.5 cm³/mol. The molecule has 0 saturated carbocycles. The van der Waals surface area contributed by atoms with Crippen molar-refractivity contribution in [2.45, 2.75) is 18.9 Å². The third-order valence-corrected chi connectivity index (χ3v) is 3.48. The molecule has 1 aromatic rings. The fourth-order valence-electron chi connectivity index (χ4n) is 2.34. The van der Waals surface area contributed by atoms with Gasteiger partial charge in [-0.1, -0.05) is 0 Å². The van der Waals surface area contributed by atoms with Crippen LogP contribution in [0.3, 0.4) is 0 Å².